The average molecular weight is 298 g/mol. The highest BCUT2D eigenvalue weighted by Crippen LogP contribution is 2.36. The van der Waals surface area contributed by atoms with Crippen LogP contribution in [0.1, 0.15) is 0 Å². The van der Waals surface area contributed by atoms with Crippen LogP contribution in [0.25, 0.3) is 0 Å². The maximum absolute atomic E-state index is 13.1. The number of carbonyl (C=O) groups excluding carboxylic acids is 2. The van der Waals surface area contributed by atoms with Crippen molar-refractivity contribution in [3.63, 3.8) is 0 Å². The molecule has 3 amide bonds. The fourth-order valence-corrected chi connectivity index (χ4v) is 1.15. The number of hydrogen-bond donors (Lipinski definition) is 2. The molecule has 0 aliphatic carbocycles. The summed E-state index contributed by atoms with van der Waals surface area (Å²) in [5.74, 6) is -1.70. The van der Waals surface area contributed by atoms with E-state index in [0.717, 1.165) is 0 Å². The van der Waals surface area contributed by atoms with Crippen LogP contribution in [0.2, 0.25) is 0 Å². The first-order chi connectivity index (χ1) is 8.43. The first-order valence-corrected chi connectivity index (χ1v) is 4.47. The molecule has 0 aromatic heterocycles. The SMILES string of the molecule is O=C1NC(=O)C(F)C(OC(C(F)(F)F)C(F)(F)F)N1. The van der Waals surface area contributed by atoms with Crippen molar-refractivity contribution in [2.45, 2.75) is 30.9 Å². The molecule has 12 heteroatoms. The minimum Gasteiger partial charge on any atom is -0.333 e. The number of nitrogens with one attached hydrogen (secondary N) is 2. The molecule has 0 spiro atoms. The van der Waals surface area contributed by atoms with E-state index in [1.54, 1.807) is 0 Å². The third-order valence-corrected chi connectivity index (χ3v) is 1.90. The number of carbonyl (C=O) groups is 2. The maximum atomic E-state index is 13.1. The van der Waals surface area contributed by atoms with Crippen LogP contribution in [-0.4, -0.2) is 42.8 Å². The number of amides is 3. The van der Waals surface area contributed by atoms with E-state index in [0.29, 0.717) is 0 Å². The van der Waals surface area contributed by atoms with Gasteiger partial charge in [-0.05, 0) is 0 Å². The first kappa shape index (κ1) is 15.5. The topological polar surface area (TPSA) is 67.4 Å². The molecule has 1 saturated heterocycles. The predicted molar refractivity (Wildman–Crippen MR) is 42.3 cm³/mol. The zero-order valence-electron chi connectivity index (χ0n) is 8.60. The Bertz CT molecular complexity index is 366. The summed E-state index contributed by atoms with van der Waals surface area (Å²) in [7, 11) is 0. The van der Waals surface area contributed by atoms with E-state index < -0.39 is 42.8 Å². The Balaban J connectivity index is 2.90. The molecule has 1 heterocycles. The van der Waals surface area contributed by atoms with E-state index >= 15 is 0 Å². The van der Waals surface area contributed by atoms with Crippen LogP contribution in [0.5, 0.6) is 0 Å². The molecule has 5 nitrogen and oxygen atoms in total. The molecular formula is C7H5F7N2O3. The molecule has 19 heavy (non-hydrogen) atoms. The lowest BCUT2D eigenvalue weighted by atomic mass is 10.2. The van der Waals surface area contributed by atoms with Crippen molar-refractivity contribution in [1.29, 1.82) is 0 Å². The van der Waals surface area contributed by atoms with E-state index in [1.165, 1.54) is 10.6 Å². The smallest absolute Gasteiger partial charge is 0.333 e. The molecule has 1 fully saturated rings. The van der Waals surface area contributed by atoms with Crippen LogP contribution < -0.4 is 10.6 Å². The molecule has 1 rings (SSSR count). The molecule has 110 valence electrons. The van der Waals surface area contributed by atoms with Gasteiger partial charge in [0.05, 0.1) is 0 Å². The van der Waals surface area contributed by atoms with Gasteiger partial charge in [-0.2, -0.15) is 26.3 Å². The maximum Gasteiger partial charge on any atom is 0.423 e. The Kier molecular flexibility index (Phi) is 3.93. The monoisotopic (exact) mass is 298 g/mol. The molecule has 0 saturated carbocycles. The highest BCUT2D eigenvalue weighted by atomic mass is 19.4. The fourth-order valence-electron chi connectivity index (χ4n) is 1.15. The number of alkyl halides is 7. The number of ether oxygens (including phenoxy) is 1. The second-order valence-corrected chi connectivity index (χ2v) is 3.38. The summed E-state index contributed by atoms with van der Waals surface area (Å²) in [6, 6.07) is -1.47. The van der Waals surface area contributed by atoms with Gasteiger partial charge < -0.3 is 10.1 Å². The molecule has 0 aromatic rings. The van der Waals surface area contributed by atoms with Gasteiger partial charge >= 0.3 is 18.4 Å². The van der Waals surface area contributed by atoms with Gasteiger partial charge in [0.25, 0.3) is 12.0 Å². The molecular weight excluding hydrogens is 293 g/mol. The molecule has 1 aliphatic rings. The Morgan fingerprint density at radius 3 is 1.95 bits per heavy atom. The van der Waals surface area contributed by atoms with Gasteiger partial charge in [-0.3, -0.25) is 10.1 Å². The lowest BCUT2D eigenvalue weighted by Crippen LogP contribution is -2.63. The van der Waals surface area contributed by atoms with E-state index in [-0.39, 0.29) is 0 Å². The van der Waals surface area contributed by atoms with Crippen molar-refractivity contribution < 1.29 is 45.1 Å². The zero-order valence-corrected chi connectivity index (χ0v) is 8.60. The summed E-state index contributed by atoms with van der Waals surface area (Å²) in [4.78, 5) is 21.4. The van der Waals surface area contributed by atoms with Crippen molar-refractivity contribution in [3.05, 3.63) is 0 Å². The summed E-state index contributed by atoms with van der Waals surface area (Å²) in [5.41, 5.74) is 0. The van der Waals surface area contributed by atoms with Crippen LogP contribution in [-0.2, 0) is 9.53 Å². The highest BCUT2D eigenvalue weighted by Gasteiger charge is 2.60. The number of halogens is 7. The normalized spacial score (nSPS) is 25.3. The van der Waals surface area contributed by atoms with Gasteiger partial charge in [0.2, 0.25) is 6.17 Å². The molecule has 1 aliphatic heterocycles. The minimum absolute atomic E-state index is 1.30. The number of imide groups is 1. The molecule has 2 unspecified atom stereocenters. The summed E-state index contributed by atoms with van der Waals surface area (Å²) in [5, 5.41) is 2.61. The predicted octanol–water partition coefficient (Wildman–Crippen LogP) is 1.000. The highest BCUT2D eigenvalue weighted by molar-refractivity contribution is 5.99. The van der Waals surface area contributed by atoms with E-state index in [4.69, 9.17) is 0 Å². The van der Waals surface area contributed by atoms with Gasteiger partial charge in [0.15, 0.2) is 6.23 Å². The van der Waals surface area contributed by atoms with Gasteiger partial charge in [0, 0.05) is 0 Å². The second kappa shape index (κ2) is 4.83. The Hall–Kier alpha value is -1.59. The fraction of sp³-hybridized carbons (Fsp3) is 0.714. The Labute approximate surface area is 99.6 Å². The van der Waals surface area contributed by atoms with Crippen LogP contribution in [0.15, 0.2) is 0 Å². The third-order valence-electron chi connectivity index (χ3n) is 1.90. The Morgan fingerprint density at radius 1 is 1.05 bits per heavy atom. The average Bonchev–Trinajstić information content (AvgIpc) is 2.17. The number of urea groups is 1. The molecule has 2 N–H and O–H groups in total. The van der Waals surface area contributed by atoms with Crippen LogP contribution in [0, 0.1) is 0 Å². The van der Waals surface area contributed by atoms with Gasteiger partial charge in [-0.15, -0.1) is 0 Å². The van der Waals surface area contributed by atoms with Crippen molar-refractivity contribution in [3.8, 4) is 0 Å². The summed E-state index contributed by atoms with van der Waals surface area (Å²) >= 11 is 0. The molecule has 2 atom stereocenters. The Morgan fingerprint density at radius 2 is 1.53 bits per heavy atom. The third kappa shape index (κ3) is 3.68. The van der Waals surface area contributed by atoms with Crippen molar-refractivity contribution in [2.24, 2.45) is 0 Å². The summed E-state index contributed by atoms with van der Waals surface area (Å²) in [6.45, 7) is 0. The van der Waals surface area contributed by atoms with Crippen LogP contribution in [0.3, 0.4) is 0 Å². The van der Waals surface area contributed by atoms with Crippen molar-refractivity contribution in [1.82, 2.24) is 10.6 Å². The standard InChI is InChI=1S/C7H5F7N2O3/c8-1-2(17)15-5(18)16-3(1)19-4(6(9,10)11)7(12,13)14/h1,3-4H,(H2,15,16,17,18). The van der Waals surface area contributed by atoms with E-state index in [1.807, 2.05) is 0 Å². The molecule has 0 aromatic carbocycles. The van der Waals surface area contributed by atoms with Crippen LogP contribution >= 0.6 is 0 Å². The summed E-state index contributed by atoms with van der Waals surface area (Å²) in [6.07, 6.45) is -21.7. The lowest BCUT2D eigenvalue weighted by Gasteiger charge is -2.31. The van der Waals surface area contributed by atoms with E-state index in [9.17, 15) is 40.3 Å². The molecule has 0 radical (unpaired) electrons. The zero-order chi connectivity index (χ0) is 15.0. The number of hydrogen-bond acceptors (Lipinski definition) is 3. The van der Waals surface area contributed by atoms with Crippen LogP contribution in [0.4, 0.5) is 35.5 Å². The second-order valence-electron chi connectivity index (χ2n) is 3.38. The first-order valence-electron chi connectivity index (χ1n) is 4.47. The van der Waals surface area contributed by atoms with E-state index in [2.05, 4.69) is 4.74 Å². The van der Waals surface area contributed by atoms with Crippen molar-refractivity contribution >= 4 is 11.9 Å². The lowest BCUT2D eigenvalue weighted by molar-refractivity contribution is -0.335. The summed E-state index contributed by atoms with van der Waals surface area (Å²) < 4.78 is 89.2. The van der Waals surface area contributed by atoms with Gasteiger partial charge in [0.1, 0.15) is 0 Å². The molecule has 0 bridgehead atoms. The van der Waals surface area contributed by atoms with Crippen molar-refractivity contribution in [2.75, 3.05) is 0 Å². The minimum atomic E-state index is -5.88. The number of rotatable bonds is 2. The quantitative estimate of drug-likeness (QED) is 0.747. The largest absolute Gasteiger partial charge is 0.423 e. The van der Waals surface area contributed by atoms with Gasteiger partial charge in [-0.25, -0.2) is 9.18 Å². The van der Waals surface area contributed by atoms with Gasteiger partial charge in [-0.1, -0.05) is 0 Å².